The molecule has 0 nitrogen and oxygen atoms in total. The minimum Gasteiger partial charge on any atom is -0.0695 e. The van der Waals surface area contributed by atoms with Crippen molar-refractivity contribution < 1.29 is 0 Å². The molecule has 1 unspecified atom stereocenters. The van der Waals surface area contributed by atoms with Crippen LogP contribution in [0.1, 0.15) is 40.0 Å². The summed E-state index contributed by atoms with van der Waals surface area (Å²) >= 11 is 0. The summed E-state index contributed by atoms with van der Waals surface area (Å²) < 4.78 is 0. The number of rotatable bonds is 5. The van der Waals surface area contributed by atoms with Gasteiger partial charge in [-0.3, -0.25) is 0 Å². The Balaban J connectivity index is 4.14. The molecule has 0 bridgehead atoms. The Morgan fingerprint density at radius 3 is 1.83 bits per heavy atom. The molecule has 12 heavy (non-hydrogen) atoms. The molecule has 0 aliphatic heterocycles. The van der Waals surface area contributed by atoms with Crippen molar-refractivity contribution in [2.75, 3.05) is 0 Å². The molecule has 74 valence electrons. The van der Waals surface area contributed by atoms with Gasteiger partial charge in [0.1, 0.15) is 0 Å². The van der Waals surface area contributed by atoms with Crippen LogP contribution in [0, 0.1) is 5.41 Å². The number of hydrogen-bond acceptors (Lipinski definition) is 0. The summed E-state index contributed by atoms with van der Waals surface area (Å²) in [6.45, 7) is 14.6. The Kier molecular flexibility index (Phi) is 4.53. The molecular weight excluding hydrogens is 160 g/mol. The Hall–Kier alpha value is 0.217. The van der Waals surface area contributed by atoms with E-state index in [-0.39, 0.29) is 0 Å². The van der Waals surface area contributed by atoms with E-state index in [2.05, 4.69) is 40.4 Å². The van der Waals surface area contributed by atoms with Gasteiger partial charge >= 0.3 is 0 Å². The maximum Gasteiger partial charge on any atom is 0.0448 e. The van der Waals surface area contributed by atoms with Crippen LogP contribution in [0.5, 0.6) is 0 Å². The van der Waals surface area contributed by atoms with E-state index in [0.29, 0.717) is 5.41 Å². The minimum absolute atomic E-state index is 0.638. The average Bonchev–Trinajstić information content (AvgIpc) is 1.84. The molecule has 0 aromatic rings. The molecule has 0 aromatic heterocycles. The van der Waals surface area contributed by atoms with Crippen LogP contribution < -0.4 is 0 Å². The van der Waals surface area contributed by atoms with Gasteiger partial charge in [0.25, 0.3) is 0 Å². The maximum absolute atomic E-state index is 2.48. The highest BCUT2D eigenvalue weighted by molar-refractivity contribution is 6.76. The van der Waals surface area contributed by atoms with Gasteiger partial charge in [0, 0.05) is 8.07 Å². The van der Waals surface area contributed by atoms with Crippen molar-refractivity contribution in [2.45, 2.75) is 65.7 Å². The van der Waals surface area contributed by atoms with Crippen LogP contribution in [0.15, 0.2) is 0 Å². The third-order valence-electron chi connectivity index (χ3n) is 2.66. The summed E-state index contributed by atoms with van der Waals surface area (Å²) in [7, 11) is -0.851. The lowest BCUT2D eigenvalue weighted by Crippen LogP contribution is -2.30. The highest BCUT2D eigenvalue weighted by Gasteiger charge is 2.28. The zero-order valence-corrected chi connectivity index (χ0v) is 10.8. The van der Waals surface area contributed by atoms with Crippen molar-refractivity contribution >= 4 is 8.07 Å². The van der Waals surface area contributed by atoms with Crippen molar-refractivity contribution in [1.29, 1.82) is 0 Å². The minimum atomic E-state index is -0.851. The second kappa shape index (κ2) is 4.45. The van der Waals surface area contributed by atoms with E-state index >= 15 is 0 Å². The first-order chi connectivity index (χ1) is 5.33. The zero-order chi connectivity index (χ0) is 9.83. The predicted molar refractivity (Wildman–Crippen MR) is 61.5 cm³/mol. The Morgan fingerprint density at radius 2 is 1.58 bits per heavy atom. The molecule has 0 saturated carbocycles. The molecule has 0 aromatic carbocycles. The van der Waals surface area contributed by atoms with Crippen LogP contribution in [-0.2, 0) is 0 Å². The molecule has 0 heterocycles. The normalized spacial score (nSPS) is 17.5. The Bertz CT molecular complexity index is 123. The molecule has 0 radical (unpaired) electrons. The van der Waals surface area contributed by atoms with Crippen LogP contribution in [0.25, 0.3) is 0 Å². The lowest BCUT2D eigenvalue weighted by molar-refractivity contribution is 0.314. The molecular formula is C11H26Si. The van der Waals surface area contributed by atoms with E-state index in [1.807, 2.05) is 0 Å². The summed E-state index contributed by atoms with van der Waals surface area (Å²) in [5.41, 5.74) is 0.638. The van der Waals surface area contributed by atoms with Gasteiger partial charge in [-0.05, 0) is 11.8 Å². The van der Waals surface area contributed by atoms with Gasteiger partial charge in [0.15, 0.2) is 0 Å². The highest BCUT2D eigenvalue weighted by atomic mass is 28.3. The SMILES string of the molecule is CCCC(C)(CC)C[Si](C)(C)C. The van der Waals surface area contributed by atoms with E-state index in [1.54, 1.807) is 0 Å². The topological polar surface area (TPSA) is 0 Å². The molecule has 0 saturated heterocycles. The first-order valence-electron chi connectivity index (χ1n) is 5.33. The van der Waals surface area contributed by atoms with Gasteiger partial charge in [-0.2, -0.15) is 0 Å². The zero-order valence-electron chi connectivity index (χ0n) is 9.83. The van der Waals surface area contributed by atoms with E-state index in [1.165, 1.54) is 25.3 Å². The van der Waals surface area contributed by atoms with Crippen LogP contribution in [-0.4, -0.2) is 8.07 Å². The van der Waals surface area contributed by atoms with E-state index in [4.69, 9.17) is 0 Å². The molecule has 0 spiro atoms. The first kappa shape index (κ1) is 12.2. The van der Waals surface area contributed by atoms with Gasteiger partial charge in [0.2, 0.25) is 0 Å². The molecule has 0 aliphatic carbocycles. The van der Waals surface area contributed by atoms with Crippen molar-refractivity contribution in [1.82, 2.24) is 0 Å². The Labute approximate surface area is 79.8 Å². The molecule has 1 heteroatoms. The summed E-state index contributed by atoms with van der Waals surface area (Å²) in [6.07, 6.45) is 4.10. The van der Waals surface area contributed by atoms with Gasteiger partial charge < -0.3 is 0 Å². The largest absolute Gasteiger partial charge is 0.0695 e. The standard InChI is InChI=1S/C11H26Si/c1-7-9-11(3,8-2)10-12(4,5)6/h7-10H2,1-6H3. The quantitative estimate of drug-likeness (QED) is 0.553. The molecule has 0 rings (SSSR count). The van der Waals surface area contributed by atoms with Gasteiger partial charge in [-0.15, -0.1) is 0 Å². The van der Waals surface area contributed by atoms with Crippen molar-refractivity contribution in [3.05, 3.63) is 0 Å². The third-order valence-corrected chi connectivity index (χ3v) is 4.58. The summed E-state index contributed by atoms with van der Waals surface area (Å²) in [5, 5.41) is 0. The molecule has 0 N–H and O–H groups in total. The van der Waals surface area contributed by atoms with E-state index in [9.17, 15) is 0 Å². The molecule has 1 atom stereocenters. The molecule has 0 amide bonds. The maximum atomic E-state index is 2.48. The highest BCUT2D eigenvalue weighted by Crippen LogP contribution is 2.36. The van der Waals surface area contributed by atoms with Crippen LogP contribution in [0.4, 0.5) is 0 Å². The van der Waals surface area contributed by atoms with Crippen LogP contribution in [0.3, 0.4) is 0 Å². The van der Waals surface area contributed by atoms with Gasteiger partial charge in [-0.25, -0.2) is 0 Å². The lowest BCUT2D eigenvalue weighted by atomic mass is 9.85. The van der Waals surface area contributed by atoms with Gasteiger partial charge in [-0.1, -0.05) is 59.3 Å². The van der Waals surface area contributed by atoms with E-state index < -0.39 is 8.07 Å². The van der Waals surface area contributed by atoms with Crippen molar-refractivity contribution in [3.63, 3.8) is 0 Å². The molecule has 0 fully saturated rings. The second-order valence-electron chi connectivity index (χ2n) is 5.65. The first-order valence-corrected chi connectivity index (χ1v) is 9.04. The monoisotopic (exact) mass is 186 g/mol. The predicted octanol–water partition coefficient (Wildman–Crippen LogP) is 4.54. The van der Waals surface area contributed by atoms with E-state index in [0.717, 1.165) is 0 Å². The summed E-state index contributed by atoms with van der Waals surface area (Å²) in [5.74, 6) is 0. The fourth-order valence-electron chi connectivity index (χ4n) is 2.27. The fraction of sp³-hybridized carbons (Fsp3) is 1.00. The fourth-order valence-corrected chi connectivity index (χ4v) is 5.26. The van der Waals surface area contributed by atoms with Gasteiger partial charge in [0.05, 0.1) is 0 Å². The summed E-state index contributed by atoms with van der Waals surface area (Å²) in [4.78, 5) is 0. The lowest BCUT2D eigenvalue weighted by Gasteiger charge is -2.33. The molecule has 0 aliphatic rings. The second-order valence-corrected chi connectivity index (χ2v) is 11.1. The van der Waals surface area contributed by atoms with Crippen molar-refractivity contribution in [2.24, 2.45) is 5.41 Å². The van der Waals surface area contributed by atoms with Crippen LogP contribution in [0.2, 0.25) is 25.7 Å². The third kappa shape index (κ3) is 4.97. The number of hydrogen-bond donors (Lipinski definition) is 0. The Morgan fingerprint density at radius 1 is 1.08 bits per heavy atom. The smallest absolute Gasteiger partial charge is 0.0448 e. The van der Waals surface area contributed by atoms with Crippen LogP contribution >= 0.6 is 0 Å². The average molecular weight is 186 g/mol. The summed E-state index contributed by atoms with van der Waals surface area (Å²) in [6, 6.07) is 1.49. The van der Waals surface area contributed by atoms with Crippen molar-refractivity contribution in [3.8, 4) is 0 Å².